The number of carbonyl (C=O) groups excluding carboxylic acids is 2. The zero-order chi connectivity index (χ0) is 12.5. The molecular formula is C13H21N3O2. The van der Waals surface area contributed by atoms with Gasteiger partial charge in [-0.05, 0) is 25.3 Å². The molecule has 0 radical (unpaired) electrons. The van der Waals surface area contributed by atoms with Crippen LogP contribution in [0.4, 0.5) is 0 Å². The van der Waals surface area contributed by atoms with Crippen LogP contribution in [-0.4, -0.2) is 60.4 Å². The second-order valence-electron chi connectivity index (χ2n) is 5.66. The van der Waals surface area contributed by atoms with Gasteiger partial charge in [-0.15, -0.1) is 0 Å². The zero-order valence-corrected chi connectivity index (χ0v) is 10.7. The van der Waals surface area contributed by atoms with Gasteiger partial charge in [-0.3, -0.25) is 19.4 Å². The van der Waals surface area contributed by atoms with Gasteiger partial charge < -0.3 is 5.32 Å². The average molecular weight is 251 g/mol. The van der Waals surface area contributed by atoms with E-state index in [0.29, 0.717) is 25.4 Å². The van der Waals surface area contributed by atoms with Crippen LogP contribution in [-0.2, 0) is 9.59 Å². The van der Waals surface area contributed by atoms with E-state index in [-0.39, 0.29) is 11.8 Å². The molecule has 0 unspecified atom stereocenters. The van der Waals surface area contributed by atoms with Gasteiger partial charge in [0.1, 0.15) is 0 Å². The Morgan fingerprint density at radius 3 is 2.61 bits per heavy atom. The number of hydrogen-bond acceptors (Lipinski definition) is 4. The minimum absolute atomic E-state index is 0.00902. The van der Waals surface area contributed by atoms with Crippen LogP contribution in [0.5, 0.6) is 0 Å². The van der Waals surface area contributed by atoms with Crippen molar-refractivity contribution >= 4 is 11.8 Å². The van der Waals surface area contributed by atoms with Gasteiger partial charge in [0.05, 0.1) is 0 Å². The molecule has 18 heavy (non-hydrogen) atoms. The smallest absolute Gasteiger partial charge is 0.229 e. The van der Waals surface area contributed by atoms with Crippen molar-refractivity contribution in [1.29, 1.82) is 0 Å². The molecule has 5 heteroatoms. The van der Waals surface area contributed by atoms with E-state index in [1.165, 1.54) is 17.7 Å². The first-order chi connectivity index (χ1) is 8.74. The van der Waals surface area contributed by atoms with Crippen LogP contribution in [0.1, 0.15) is 25.7 Å². The van der Waals surface area contributed by atoms with Crippen LogP contribution in [0.25, 0.3) is 0 Å². The summed E-state index contributed by atoms with van der Waals surface area (Å²) in [4.78, 5) is 26.9. The molecule has 0 aromatic carbocycles. The van der Waals surface area contributed by atoms with Crippen molar-refractivity contribution in [3.05, 3.63) is 0 Å². The second kappa shape index (κ2) is 4.97. The predicted molar refractivity (Wildman–Crippen MR) is 66.9 cm³/mol. The maximum absolute atomic E-state index is 11.5. The van der Waals surface area contributed by atoms with Gasteiger partial charge in [0, 0.05) is 45.1 Å². The van der Waals surface area contributed by atoms with E-state index in [0.717, 1.165) is 32.1 Å². The van der Waals surface area contributed by atoms with E-state index >= 15 is 0 Å². The molecule has 0 spiro atoms. The zero-order valence-electron chi connectivity index (χ0n) is 10.7. The summed E-state index contributed by atoms with van der Waals surface area (Å²) in [6, 6.07) is 0.628. The molecule has 3 saturated heterocycles. The Balaban J connectivity index is 1.49. The quantitative estimate of drug-likeness (QED) is 0.707. The lowest BCUT2D eigenvalue weighted by molar-refractivity contribution is -0.138. The topological polar surface area (TPSA) is 52.7 Å². The Hall–Kier alpha value is -0.940. The van der Waals surface area contributed by atoms with Crippen LogP contribution in [0.3, 0.4) is 0 Å². The highest BCUT2D eigenvalue weighted by molar-refractivity contribution is 6.01. The molecule has 0 bridgehead atoms. The molecule has 5 nitrogen and oxygen atoms in total. The Kier molecular flexibility index (Phi) is 3.35. The Labute approximate surface area is 107 Å². The second-order valence-corrected chi connectivity index (χ2v) is 5.66. The third-order valence-corrected chi connectivity index (χ3v) is 4.47. The lowest BCUT2D eigenvalue weighted by Crippen LogP contribution is -2.41. The number of carbonyl (C=O) groups is 2. The summed E-state index contributed by atoms with van der Waals surface area (Å²) in [5.41, 5.74) is 0. The summed E-state index contributed by atoms with van der Waals surface area (Å²) in [7, 11) is 0. The highest BCUT2D eigenvalue weighted by Gasteiger charge is 2.35. The van der Waals surface area contributed by atoms with E-state index in [4.69, 9.17) is 0 Å². The lowest BCUT2D eigenvalue weighted by Gasteiger charge is -2.24. The fourth-order valence-electron chi connectivity index (χ4n) is 3.43. The molecule has 100 valence electrons. The monoisotopic (exact) mass is 251 g/mol. The fourth-order valence-corrected chi connectivity index (χ4v) is 3.43. The van der Waals surface area contributed by atoms with Crippen LogP contribution < -0.4 is 5.32 Å². The number of imide groups is 1. The van der Waals surface area contributed by atoms with E-state index in [1.807, 2.05) is 0 Å². The summed E-state index contributed by atoms with van der Waals surface area (Å²) in [6.07, 6.45) is 3.41. The highest BCUT2D eigenvalue weighted by Crippen LogP contribution is 2.24. The number of nitrogens with one attached hydrogen (secondary N) is 1. The highest BCUT2D eigenvalue weighted by atomic mass is 16.2. The molecule has 0 saturated carbocycles. The average Bonchev–Trinajstić information content (AvgIpc) is 2.91. The third-order valence-electron chi connectivity index (χ3n) is 4.47. The lowest BCUT2D eigenvalue weighted by atomic mass is 9.94. The van der Waals surface area contributed by atoms with Gasteiger partial charge in [-0.2, -0.15) is 0 Å². The molecule has 3 fully saturated rings. The molecule has 1 N–H and O–H groups in total. The minimum Gasteiger partial charge on any atom is -0.312 e. The number of nitrogens with zero attached hydrogens (tertiary/aromatic N) is 2. The molecule has 0 aliphatic carbocycles. The molecule has 3 rings (SSSR count). The number of fused-ring (bicyclic) bond motifs is 1. The normalized spacial score (nSPS) is 33.2. The van der Waals surface area contributed by atoms with Crippen molar-refractivity contribution in [3.8, 4) is 0 Å². The first-order valence-electron chi connectivity index (χ1n) is 7.03. The summed E-state index contributed by atoms with van der Waals surface area (Å²) >= 11 is 0. The van der Waals surface area contributed by atoms with Crippen molar-refractivity contribution in [2.24, 2.45) is 5.92 Å². The maximum atomic E-state index is 11.5. The van der Waals surface area contributed by atoms with Crippen molar-refractivity contribution < 1.29 is 9.59 Å². The largest absolute Gasteiger partial charge is 0.312 e. The number of amides is 2. The van der Waals surface area contributed by atoms with Crippen molar-refractivity contribution in [1.82, 2.24) is 15.1 Å². The van der Waals surface area contributed by atoms with Crippen LogP contribution in [0.2, 0.25) is 0 Å². The van der Waals surface area contributed by atoms with Gasteiger partial charge in [0.25, 0.3) is 0 Å². The summed E-state index contributed by atoms with van der Waals surface area (Å²) in [6.45, 7) is 4.75. The molecule has 0 aromatic rings. The number of piperidine rings is 1. The summed E-state index contributed by atoms with van der Waals surface area (Å²) in [5.74, 6) is 0.785. The molecular weight excluding hydrogens is 230 g/mol. The van der Waals surface area contributed by atoms with Gasteiger partial charge >= 0.3 is 0 Å². The van der Waals surface area contributed by atoms with E-state index in [9.17, 15) is 9.59 Å². The van der Waals surface area contributed by atoms with Crippen molar-refractivity contribution in [2.45, 2.75) is 31.7 Å². The maximum Gasteiger partial charge on any atom is 0.229 e. The van der Waals surface area contributed by atoms with Gasteiger partial charge in [0.15, 0.2) is 0 Å². The van der Waals surface area contributed by atoms with E-state index in [1.54, 1.807) is 0 Å². The number of hydrogen-bond donors (Lipinski definition) is 1. The molecule has 0 aromatic heterocycles. The number of likely N-dealkylation sites (tertiary alicyclic amines) is 2. The SMILES string of the molecule is O=C1CCC(=O)N1CCN1C[C@@H]2CCCN[C@@H]2C1. The van der Waals surface area contributed by atoms with Crippen molar-refractivity contribution in [2.75, 3.05) is 32.7 Å². The molecule has 3 aliphatic heterocycles. The third kappa shape index (κ3) is 2.29. The molecule has 2 amide bonds. The summed E-state index contributed by atoms with van der Waals surface area (Å²) < 4.78 is 0. The molecule has 2 atom stereocenters. The molecule has 3 heterocycles. The number of rotatable bonds is 3. The van der Waals surface area contributed by atoms with Gasteiger partial charge in [-0.1, -0.05) is 0 Å². The Morgan fingerprint density at radius 1 is 1.11 bits per heavy atom. The van der Waals surface area contributed by atoms with Crippen LogP contribution in [0.15, 0.2) is 0 Å². The van der Waals surface area contributed by atoms with Gasteiger partial charge in [0.2, 0.25) is 11.8 Å². The first kappa shape index (κ1) is 12.1. The first-order valence-corrected chi connectivity index (χ1v) is 7.03. The fraction of sp³-hybridized carbons (Fsp3) is 0.846. The predicted octanol–water partition coefficient (Wildman–Crippen LogP) is -0.181. The van der Waals surface area contributed by atoms with Crippen molar-refractivity contribution in [3.63, 3.8) is 0 Å². The van der Waals surface area contributed by atoms with Crippen LogP contribution >= 0.6 is 0 Å². The molecule has 3 aliphatic rings. The summed E-state index contributed by atoms with van der Waals surface area (Å²) in [5, 5.41) is 3.57. The van der Waals surface area contributed by atoms with E-state index in [2.05, 4.69) is 10.2 Å². The Morgan fingerprint density at radius 2 is 1.89 bits per heavy atom. The van der Waals surface area contributed by atoms with Gasteiger partial charge in [-0.25, -0.2) is 0 Å². The minimum atomic E-state index is 0.00902. The standard InChI is InChI=1S/C13H21N3O2/c17-12-3-4-13(18)16(12)7-6-15-8-10-2-1-5-14-11(10)9-15/h10-11,14H,1-9H2/t10-,11+/m0/s1. The van der Waals surface area contributed by atoms with E-state index < -0.39 is 0 Å². The van der Waals surface area contributed by atoms with Crippen LogP contribution in [0, 0.1) is 5.92 Å². The Bertz CT molecular complexity index is 328.